The Bertz CT molecular complexity index is 509. The molecule has 0 aromatic heterocycles. The SMILES string of the molecule is CC(OCC1CCC(COC(C)OC(=O)C2CCCCC2)CC1)OC(=O)C1CCCCC1. The first-order valence-electron chi connectivity index (χ1n) is 13.2. The summed E-state index contributed by atoms with van der Waals surface area (Å²) >= 11 is 0. The van der Waals surface area contributed by atoms with Crippen molar-refractivity contribution < 1.29 is 28.5 Å². The van der Waals surface area contributed by atoms with Crippen molar-refractivity contribution in [3.63, 3.8) is 0 Å². The van der Waals surface area contributed by atoms with Crippen LogP contribution in [0, 0.1) is 23.7 Å². The van der Waals surface area contributed by atoms with Crippen molar-refractivity contribution in [1.29, 1.82) is 0 Å². The molecular weight excluding hydrogens is 408 g/mol. The van der Waals surface area contributed by atoms with Crippen molar-refractivity contribution in [3.8, 4) is 0 Å². The van der Waals surface area contributed by atoms with Crippen molar-refractivity contribution in [1.82, 2.24) is 0 Å². The summed E-state index contributed by atoms with van der Waals surface area (Å²) in [6, 6.07) is 0. The minimum atomic E-state index is -0.467. The third kappa shape index (κ3) is 8.66. The van der Waals surface area contributed by atoms with Gasteiger partial charge in [0.25, 0.3) is 0 Å². The van der Waals surface area contributed by atoms with E-state index in [0.29, 0.717) is 25.0 Å². The number of hydrogen-bond donors (Lipinski definition) is 0. The Kier molecular flexibility index (Phi) is 10.8. The lowest BCUT2D eigenvalue weighted by atomic mass is 9.83. The number of rotatable bonds is 10. The van der Waals surface area contributed by atoms with Crippen LogP contribution in [0.5, 0.6) is 0 Å². The van der Waals surface area contributed by atoms with Crippen LogP contribution in [-0.4, -0.2) is 37.7 Å². The highest BCUT2D eigenvalue weighted by Gasteiger charge is 2.27. The molecule has 0 spiro atoms. The zero-order chi connectivity index (χ0) is 22.8. The van der Waals surface area contributed by atoms with Gasteiger partial charge in [-0.1, -0.05) is 38.5 Å². The second-order valence-electron chi connectivity index (χ2n) is 10.2. The van der Waals surface area contributed by atoms with Crippen LogP contribution in [-0.2, 0) is 28.5 Å². The minimum absolute atomic E-state index is 0.0644. The molecule has 0 aliphatic heterocycles. The van der Waals surface area contributed by atoms with Crippen LogP contribution < -0.4 is 0 Å². The molecule has 184 valence electrons. The lowest BCUT2D eigenvalue weighted by Crippen LogP contribution is -2.29. The summed E-state index contributed by atoms with van der Waals surface area (Å²) in [6.45, 7) is 4.94. The Morgan fingerprint density at radius 3 is 1.28 bits per heavy atom. The second kappa shape index (κ2) is 13.5. The molecule has 0 saturated heterocycles. The van der Waals surface area contributed by atoms with Crippen LogP contribution in [0.3, 0.4) is 0 Å². The molecule has 2 atom stereocenters. The average Bonchev–Trinajstić information content (AvgIpc) is 2.83. The van der Waals surface area contributed by atoms with Crippen LogP contribution in [0.2, 0.25) is 0 Å². The van der Waals surface area contributed by atoms with E-state index in [1.807, 2.05) is 13.8 Å². The molecule has 0 bridgehead atoms. The Morgan fingerprint density at radius 1 is 0.594 bits per heavy atom. The van der Waals surface area contributed by atoms with E-state index in [1.165, 1.54) is 12.8 Å². The third-order valence-corrected chi connectivity index (χ3v) is 7.54. The predicted octanol–water partition coefficient (Wildman–Crippen LogP) is 5.77. The lowest BCUT2D eigenvalue weighted by molar-refractivity contribution is -0.186. The van der Waals surface area contributed by atoms with Gasteiger partial charge in [-0.2, -0.15) is 0 Å². The zero-order valence-corrected chi connectivity index (χ0v) is 20.2. The maximum atomic E-state index is 12.2. The van der Waals surface area contributed by atoms with Crippen molar-refractivity contribution >= 4 is 11.9 Å². The predicted molar refractivity (Wildman–Crippen MR) is 122 cm³/mol. The highest BCUT2D eigenvalue weighted by atomic mass is 16.7. The van der Waals surface area contributed by atoms with Crippen LogP contribution >= 0.6 is 0 Å². The van der Waals surface area contributed by atoms with Gasteiger partial charge in [0.1, 0.15) is 0 Å². The van der Waals surface area contributed by atoms with Gasteiger partial charge in [-0.15, -0.1) is 0 Å². The number of ether oxygens (including phenoxy) is 4. The molecule has 0 heterocycles. The van der Waals surface area contributed by atoms with E-state index in [1.54, 1.807) is 0 Å². The van der Waals surface area contributed by atoms with Gasteiger partial charge in [0.2, 0.25) is 0 Å². The van der Waals surface area contributed by atoms with Gasteiger partial charge in [0.15, 0.2) is 12.6 Å². The van der Waals surface area contributed by atoms with Crippen LogP contribution in [0.1, 0.15) is 104 Å². The lowest BCUT2D eigenvalue weighted by Gasteiger charge is -2.30. The Balaban J connectivity index is 1.24. The maximum absolute atomic E-state index is 12.2. The van der Waals surface area contributed by atoms with Crippen LogP contribution in [0.4, 0.5) is 0 Å². The standard InChI is InChI=1S/C26H44O6/c1-19(31-25(27)23-9-5-3-6-10-23)29-17-21-13-15-22(16-14-21)18-30-20(2)32-26(28)24-11-7-4-8-12-24/h19-24H,3-18H2,1-2H3. The fourth-order valence-electron chi connectivity index (χ4n) is 5.37. The number of carbonyl (C=O) groups is 2. The topological polar surface area (TPSA) is 71.1 Å². The van der Waals surface area contributed by atoms with E-state index in [0.717, 1.165) is 77.0 Å². The summed E-state index contributed by atoms with van der Waals surface area (Å²) in [5, 5.41) is 0. The molecule has 6 nitrogen and oxygen atoms in total. The van der Waals surface area contributed by atoms with Gasteiger partial charge in [0.05, 0.1) is 25.0 Å². The largest absolute Gasteiger partial charge is 0.436 e. The quantitative estimate of drug-likeness (QED) is 0.310. The van der Waals surface area contributed by atoms with Crippen LogP contribution in [0.25, 0.3) is 0 Å². The van der Waals surface area contributed by atoms with Gasteiger partial charge >= 0.3 is 11.9 Å². The number of hydrogen-bond acceptors (Lipinski definition) is 6. The molecule has 3 rings (SSSR count). The van der Waals surface area contributed by atoms with Crippen molar-refractivity contribution in [2.75, 3.05) is 13.2 Å². The van der Waals surface area contributed by atoms with E-state index in [9.17, 15) is 9.59 Å². The van der Waals surface area contributed by atoms with Gasteiger partial charge in [-0.3, -0.25) is 9.59 Å². The molecule has 0 radical (unpaired) electrons. The van der Waals surface area contributed by atoms with Crippen molar-refractivity contribution in [2.24, 2.45) is 23.7 Å². The Morgan fingerprint density at radius 2 is 0.938 bits per heavy atom. The average molecular weight is 453 g/mol. The molecule has 0 aromatic carbocycles. The summed E-state index contributed by atoms with van der Waals surface area (Å²) < 4.78 is 22.7. The van der Waals surface area contributed by atoms with E-state index in [-0.39, 0.29) is 23.8 Å². The van der Waals surface area contributed by atoms with Crippen molar-refractivity contribution in [2.45, 2.75) is 116 Å². The summed E-state index contributed by atoms with van der Waals surface area (Å²) in [5.74, 6) is 0.962. The van der Waals surface area contributed by atoms with E-state index < -0.39 is 12.6 Å². The second-order valence-corrected chi connectivity index (χ2v) is 10.2. The number of esters is 2. The Labute approximate surface area is 194 Å². The van der Waals surface area contributed by atoms with Crippen LogP contribution in [0.15, 0.2) is 0 Å². The molecule has 0 amide bonds. The fraction of sp³-hybridized carbons (Fsp3) is 0.923. The van der Waals surface area contributed by atoms with Crippen molar-refractivity contribution in [3.05, 3.63) is 0 Å². The smallest absolute Gasteiger partial charge is 0.311 e. The molecule has 32 heavy (non-hydrogen) atoms. The molecule has 3 aliphatic carbocycles. The van der Waals surface area contributed by atoms with Gasteiger partial charge in [-0.05, 0) is 77.0 Å². The Hall–Kier alpha value is -1.14. The summed E-state index contributed by atoms with van der Waals surface area (Å²) in [5.41, 5.74) is 0. The summed E-state index contributed by atoms with van der Waals surface area (Å²) in [4.78, 5) is 24.5. The molecule has 6 heteroatoms. The highest BCUT2D eigenvalue weighted by Crippen LogP contribution is 2.30. The molecule has 3 fully saturated rings. The first-order valence-corrected chi connectivity index (χ1v) is 13.2. The minimum Gasteiger partial charge on any atom is -0.436 e. The first-order chi connectivity index (χ1) is 15.5. The van der Waals surface area contributed by atoms with E-state index in [2.05, 4.69) is 0 Å². The fourth-order valence-corrected chi connectivity index (χ4v) is 5.37. The molecule has 0 N–H and O–H groups in total. The molecule has 3 saturated carbocycles. The van der Waals surface area contributed by atoms with Gasteiger partial charge in [0, 0.05) is 0 Å². The van der Waals surface area contributed by atoms with Gasteiger partial charge in [-0.25, -0.2) is 0 Å². The molecule has 0 aromatic rings. The third-order valence-electron chi connectivity index (χ3n) is 7.54. The molecular formula is C26H44O6. The summed E-state index contributed by atoms with van der Waals surface area (Å²) in [6.07, 6.45) is 14.2. The first kappa shape index (κ1) is 25.5. The van der Waals surface area contributed by atoms with Gasteiger partial charge < -0.3 is 18.9 Å². The molecule has 2 unspecified atom stereocenters. The zero-order valence-electron chi connectivity index (χ0n) is 20.2. The number of carbonyl (C=O) groups excluding carboxylic acids is 2. The summed E-state index contributed by atoms with van der Waals surface area (Å²) in [7, 11) is 0. The molecule has 3 aliphatic rings. The highest BCUT2D eigenvalue weighted by molar-refractivity contribution is 5.73. The normalized spacial score (nSPS) is 27.4. The maximum Gasteiger partial charge on any atom is 0.311 e. The monoisotopic (exact) mass is 452 g/mol. The van der Waals surface area contributed by atoms with E-state index in [4.69, 9.17) is 18.9 Å². The van der Waals surface area contributed by atoms with E-state index >= 15 is 0 Å².